The highest BCUT2D eigenvalue weighted by atomic mass is 32.2. The van der Waals surface area contributed by atoms with Crippen LogP contribution in [-0.4, -0.2) is 22.9 Å². The van der Waals surface area contributed by atoms with Crippen molar-refractivity contribution < 1.29 is 14.3 Å². The van der Waals surface area contributed by atoms with Crippen molar-refractivity contribution in [1.29, 1.82) is 0 Å². The smallest absolute Gasteiger partial charge is 0.306 e. The van der Waals surface area contributed by atoms with Gasteiger partial charge < -0.3 is 4.74 Å². The van der Waals surface area contributed by atoms with Crippen molar-refractivity contribution in [2.45, 2.75) is 58.1 Å². The lowest BCUT2D eigenvalue weighted by Gasteiger charge is -2.08. The van der Waals surface area contributed by atoms with Gasteiger partial charge >= 0.3 is 5.97 Å². The average molecular weight is 246 g/mol. The molecule has 0 aromatic rings. The molecule has 1 unspecified atom stereocenters. The maximum absolute atomic E-state index is 11.3. The van der Waals surface area contributed by atoms with Gasteiger partial charge in [-0.15, -0.1) is 0 Å². The van der Waals surface area contributed by atoms with Gasteiger partial charge in [0.2, 0.25) is 0 Å². The van der Waals surface area contributed by atoms with E-state index in [1.165, 1.54) is 31.5 Å². The molecule has 0 aromatic carbocycles. The van der Waals surface area contributed by atoms with Gasteiger partial charge in [-0.1, -0.05) is 44.9 Å². The van der Waals surface area contributed by atoms with Crippen LogP contribution in [0, 0.1) is 0 Å². The maximum atomic E-state index is 11.3. The summed E-state index contributed by atoms with van der Waals surface area (Å²) in [5.74, 6) is -0.197. The predicted octanol–water partition coefficient (Wildman–Crippen LogP) is 3.17. The number of carbonyl (C=O) groups excluding carboxylic acids is 2. The summed E-state index contributed by atoms with van der Waals surface area (Å²) >= 11 is 1.19. The zero-order valence-corrected chi connectivity index (χ0v) is 11.3. The van der Waals surface area contributed by atoms with E-state index in [1.807, 2.05) is 6.92 Å². The summed E-state index contributed by atoms with van der Waals surface area (Å²) in [7, 11) is 0. The molecule has 0 saturated carbocycles. The van der Waals surface area contributed by atoms with E-state index in [9.17, 15) is 9.59 Å². The standard InChI is InChI=1S/C12H22O3S/c1-4-5-6-7-8-15-12(14)9-10(2)16-11(3)13/h10H,4-9H2,1-3H3. The van der Waals surface area contributed by atoms with Gasteiger partial charge in [-0.2, -0.15) is 0 Å². The molecule has 0 radical (unpaired) electrons. The molecule has 0 heterocycles. The Morgan fingerprint density at radius 1 is 1.25 bits per heavy atom. The van der Waals surface area contributed by atoms with E-state index in [-0.39, 0.29) is 16.3 Å². The Labute approximate surface area is 102 Å². The maximum Gasteiger partial charge on any atom is 0.306 e. The second-order valence-corrected chi connectivity index (χ2v) is 5.52. The van der Waals surface area contributed by atoms with E-state index >= 15 is 0 Å². The van der Waals surface area contributed by atoms with Crippen molar-refractivity contribution in [1.82, 2.24) is 0 Å². The first-order valence-electron chi connectivity index (χ1n) is 5.89. The highest BCUT2D eigenvalue weighted by Gasteiger charge is 2.12. The minimum absolute atomic E-state index is 0.0145. The van der Waals surface area contributed by atoms with E-state index in [0.29, 0.717) is 13.0 Å². The normalized spacial score (nSPS) is 12.2. The summed E-state index contributed by atoms with van der Waals surface area (Å²) in [4.78, 5) is 22.1. The summed E-state index contributed by atoms with van der Waals surface area (Å²) in [6, 6.07) is 0. The number of thioether (sulfide) groups is 1. The third kappa shape index (κ3) is 10.0. The van der Waals surface area contributed by atoms with Gasteiger partial charge in [-0.25, -0.2) is 0 Å². The first kappa shape index (κ1) is 15.5. The van der Waals surface area contributed by atoms with Gasteiger partial charge in [-0.3, -0.25) is 9.59 Å². The summed E-state index contributed by atoms with van der Waals surface area (Å²) in [6.45, 7) is 6.03. The molecule has 3 nitrogen and oxygen atoms in total. The van der Waals surface area contributed by atoms with Crippen LogP contribution in [0.5, 0.6) is 0 Å². The van der Waals surface area contributed by atoms with Crippen LogP contribution in [0.15, 0.2) is 0 Å². The lowest BCUT2D eigenvalue weighted by Crippen LogP contribution is -2.12. The fourth-order valence-corrected chi connectivity index (χ4v) is 2.12. The van der Waals surface area contributed by atoms with Gasteiger partial charge in [-0.05, 0) is 6.42 Å². The van der Waals surface area contributed by atoms with Crippen LogP contribution in [0.4, 0.5) is 0 Å². The van der Waals surface area contributed by atoms with Crippen molar-refractivity contribution in [2.24, 2.45) is 0 Å². The molecule has 0 bridgehead atoms. The van der Waals surface area contributed by atoms with Crippen LogP contribution in [0.25, 0.3) is 0 Å². The number of ether oxygens (including phenoxy) is 1. The molecule has 0 amide bonds. The van der Waals surface area contributed by atoms with Gasteiger partial charge in [0.25, 0.3) is 0 Å². The first-order valence-corrected chi connectivity index (χ1v) is 6.77. The van der Waals surface area contributed by atoms with Gasteiger partial charge in [0.05, 0.1) is 13.0 Å². The third-order valence-electron chi connectivity index (χ3n) is 2.08. The summed E-state index contributed by atoms with van der Waals surface area (Å²) in [5, 5.41) is 0.0592. The molecular weight excluding hydrogens is 224 g/mol. The number of hydrogen-bond acceptors (Lipinski definition) is 4. The number of carbonyl (C=O) groups is 2. The lowest BCUT2D eigenvalue weighted by atomic mass is 10.2. The van der Waals surface area contributed by atoms with E-state index < -0.39 is 0 Å². The number of rotatable bonds is 8. The molecule has 0 aliphatic rings. The largest absolute Gasteiger partial charge is 0.466 e. The summed E-state index contributed by atoms with van der Waals surface area (Å²) < 4.78 is 5.08. The molecule has 0 aromatic heterocycles. The van der Waals surface area contributed by atoms with Crippen LogP contribution < -0.4 is 0 Å². The SMILES string of the molecule is CCCCCCOC(=O)CC(C)SC(C)=O. The molecule has 0 saturated heterocycles. The Hall–Kier alpha value is -0.510. The van der Waals surface area contributed by atoms with E-state index in [4.69, 9.17) is 4.74 Å². The second-order valence-electron chi connectivity index (χ2n) is 3.91. The topological polar surface area (TPSA) is 43.4 Å². The molecule has 0 aliphatic carbocycles. The quantitative estimate of drug-likeness (QED) is 0.487. The zero-order chi connectivity index (χ0) is 12.4. The van der Waals surface area contributed by atoms with E-state index in [0.717, 1.165) is 12.8 Å². The van der Waals surface area contributed by atoms with Crippen molar-refractivity contribution in [3.63, 3.8) is 0 Å². The predicted molar refractivity (Wildman–Crippen MR) is 67.5 cm³/mol. The minimum Gasteiger partial charge on any atom is -0.466 e. The molecule has 1 atom stereocenters. The highest BCUT2D eigenvalue weighted by molar-refractivity contribution is 8.14. The third-order valence-corrected chi connectivity index (χ3v) is 2.98. The average Bonchev–Trinajstić information content (AvgIpc) is 2.15. The Kier molecular flexibility index (Phi) is 9.39. The minimum atomic E-state index is -0.197. The molecule has 0 aliphatic heterocycles. The fraction of sp³-hybridized carbons (Fsp3) is 0.833. The summed E-state index contributed by atoms with van der Waals surface area (Å²) in [6.07, 6.45) is 4.74. The molecule has 0 rings (SSSR count). The van der Waals surface area contributed by atoms with Crippen molar-refractivity contribution in [3.8, 4) is 0 Å². The van der Waals surface area contributed by atoms with Gasteiger partial charge in [0.1, 0.15) is 0 Å². The number of hydrogen-bond donors (Lipinski definition) is 0. The Balaban J connectivity index is 3.47. The van der Waals surface area contributed by atoms with Crippen LogP contribution in [-0.2, 0) is 14.3 Å². The van der Waals surface area contributed by atoms with Crippen LogP contribution in [0.3, 0.4) is 0 Å². The number of unbranched alkanes of at least 4 members (excludes halogenated alkanes) is 3. The van der Waals surface area contributed by atoms with Crippen LogP contribution >= 0.6 is 11.8 Å². The van der Waals surface area contributed by atoms with E-state index in [1.54, 1.807) is 0 Å². The number of esters is 1. The fourth-order valence-electron chi connectivity index (χ4n) is 1.33. The molecule has 94 valence electrons. The van der Waals surface area contributed by atoms with Gasteiger partial charge in [0.15, 0.2) is 5.12 Å². The Bertz CT molecular complexity index is 216. The monoisotopic (exact) mass is 246 g/mol. The van der Waals surface area contributed by atoms with Crippen molar-refractivity contribution in [2.75, 3.05) is 6.61 Å². The first-order chi connectivity index (χ1) is 7.56. The van der Waals surface area contributed by atoms with Crippen molar-refractivity contribution >= 4 is 22.8 Å². The van der Waals surface area contributed by atoms with E-state index in [2.05, 4.69) is 6.92 Å². The lowest BCUT2D eigenvalue weighted by molar-refractivity contribution is -0.143. The van der Waals surface area contributed by atoms with Crippen LogP contribution in [0.2, 0.25) is 0 Å². The molecular formula is C12H22O3S. The molecule has 0 fully saturated rings. The Morgan fingerprint density at radius 3 is 2.50 bits per heavy atom. The van der Waals surface area contributed by atoms with Crippen molar-refractivity contribution in [3.05, 3.63) is 0 Å². The highest BCUT2D eigenvalue weighted by Crippen LogP contribution is 2.15. The molecule has 0 spiro atoms. The second kappa shape index (κ2) is 9.70. The Morgan fingerprint density at radius 2 is 1.94 bits per heavy atom. The van der Waals surface area contributed by atoms with Gasteiger partial charge in [0, 0.05) is 12.2 Å². The summed E-state index contributed by atoms with van der Waals surface area (Å²) in [5.41, 5.74) is 0. The van der Waals surface area contributed by atoms with Crippen LogP contribution in [0.1, 0.15) is 52.9 Å². The zero-order valence-electron chi connectivity index (χ0n) is 10.5. The molecule has 4 heteroatoms. The molecule has 0 N–H and O–H groups in total. The molecule has 16 heavy (non-hydrogen) atoms.